The van der Waals surface area contributed by atoms with E-state index in [0.717, 1.165) is 29.5 Å². The van der Waals surface area contributed by atoms with Gasteiger partial charge < -0.3 is 4.90 Å². The Labute approximate surface area is 109 Å². The third kappa shape index (κ3) is 2.46. The summed E-state index contributed by atoms with van der Waals surface area (Å²) in [7, 11) is 2.01. The molecule has 0 atom stereocenters. The fraction of sp³-hybridized carbons (Fsp3) is 0.250. The van der Waals surface area contributed by atoms with Gasteiger partial charge in [-0.1, -0.05) is 17.7 Å². The number of halogens is 2. The first kappa shape index (κ1) is 11.9. The zero-order valence-electron chi connectivity index (χ0n) is 7.48. The third-order valence-electron chi connectivity index (χ3n) is 1.81. The maximum Gasteiger partial charge on any atom is 0.170 e. The lowest BCUT2D eigenvalue weighted by Crippen LogP contribution is -2.16. The highest BCUT2D eigenvalue weighted by Crippen LogP contribution is 2.23. The van der Waals surface area contributed by atoms with Crippen molar-refractivity contribution < 1.29 is 0 Å². The lowest BCUT2D eigenvalue weighted by Gasteiger charge is -2.18. The van der Waals surface area contributed by atoms with Crippen LogP contribution in [0.3, 0.4) is 0 Å². The molecule has 0 aliphatic carbocycles. The molecule has 0 unspecified atom stereocenters. The molecule has 2 heterocycles. The fourth-order valence-electron chi connectivity index (χ4n) is 1.20. The maximum atomic E-state index is 5.87. The Morgan fingerprint density at radius 1 is 1.50 bits per heavy atom. The summed E-state index contributed by atoms with van der Waals surface area (Å²) in [5.74, 6) is 0. The molecule has 0 amide bonds. The first-order chi connectivity index (χ1) is 6.27. The van der Waals surface area contributed by atoms with Crippen LogP contribution in [0.15, 0.2) is 18.4 Å². The first-order valence-electron chi connectivity index (χ1n) is 3.83. The zero-order valence-corrected chi connectivity index (χ0v) is 11.4. The molecule has 1 aromatic rings. The number of hydrogen-bond acceptors (Lipinski definition) is 4. The molecule has 76 valence electrons. The van der Waals surface area contributed by atoms with Crippen molar-refractivity contribution >= 4 is 52.9 Å². The second-order valence-corrected chi connectivity index (χ2v) is 3.74. The lowest BCUT2D eigenvalue weighted by molar-refractivity contribution is 0.512. The minimum Gasteiger partial charge on any atom is -0.376 e. The summed E-state index contributed by atoms with van der Waals surface area (Å²) >= 11 is 7.02. The number of likely N-dealkylation sites (N-methyl/N-ethyl adjacent to an activating group) is 1. The van der Waals surface area contributed by atoms with Gasteiger partial charge in [-0.25, -0.2) is 0 Å². The van der Waals surface area contributed by atoms with Crippen LogP contribution in [0.1, 0.15) is 5.69 Å². The van der Waals surface area contributed by atoms with E-state index in [0.29, 0.717) is 5.15 Å². The summed E-state index contributed by atoms with van der Waals surface area (Å²) in [6.45, 7) is 0.835. The van der Waals surface area contributed by atoms with E-state index in [1.165, 1.54) is 0 Å². The summed E-state index contributed by atoms with van der Waals surface area (Å²) in [6.07, 6.45) is 6.01. The summed E-state index contributed by atoms with van der Waals surface area (Å²) in [6, 6.07) is 0. The van der Waals surface area contributed by atoms with E-state index in [9.17, 15) is 0 Å². The molecule has 1 aliphatic rings. The van der Waals surface area contributed by atoms with Crippen molar-refractivity contribution in [3.63, 3.8) is 0 Å². The van der Waals surface area contributed by atoms with E-state index in [4.69, 9.17) is 11.6 Å². The van der Waals surface area contributed by atoms with Gasteiger partial charge in [-0.2, -0.15) is 8.75 Å². The third-order valence-corrected chi connectivity index (χ3v) is 2.70. The van der Waals surface area contributed by atoms with E-state index >= 15 is 0 Å². The smallest absolute Gasteiger partial charge is 0.170 e. The molecule has 0 N–H and O–H groups in total. The zero-order chi connectivity index (χ0) is 9.26. The monoisotopic (exact) mass is 341 g/mol. The summed E-state index contributed by atoms with van der Waals surface area (Å²) in [5, 5.41) is 0.500. The number of nitrogens with zero attached hydrogens (tertiary/aromatic N) is 3. The van der Waals surface area contributed by atoms with Crippen molar-refractivity contribution in [1.29, 1.82) is 0 Å². The van der Waals surface area contributed by atoms with Crippen LogP contribution in [0.5, 0.6) is 0 Å². The molecule has 0 saturated carbocycles. The van der Waals surface area contributed by atoms with E-state index in [1.54, 1.807) is 0 Å². The van der Waals surface area contributed by atoms with Crippen LogP contribution in [0.2, 0.25) is 5.15 Å². The molecule has 2 rings (SSSR count). The van der Waals surface area contributed by atoms with Gasteiger partial charge in [-0.15, -0.1) is 24.0 Å². The van der Waals surface area contributed by atoms with Gasteiger partial charge in [-0.3, -0.25) is 0 Å². The highest BCUT2D eigenvalue weighted by atomic mass is 127. The molecule has 0 bridgehead atoms. The second-order valence-electron chi connectivity index (χ2n) is 2.85. The Morgan fingerprint density at radius 2 is 2.29 bits per heavy atom. The van der Waals surface area contributed by atoms with Gasteiger partial charge in [0.1, 0.15) is 5.69 Å². The van der Waals surface area contributed by atoms with Gasteiger partial charge in [0.2, 0.25) is 0 Å². The standard InChI is InChI=1S/C8H8ClN3S.HI/c1-12-4-2-3-6(5-12)7-8(9)11-13-10-7;/h2-4H,5H2,1H3;1H. The predicted molar refractivity (Wildman–Crippen MR) is 70.1 cm³/mol. The molecule has 3 nitrogen and oxygen atoms in total. The molecular weight excluding hydrogens is 333 g/mol. The maximum absolute atomic E-state index is 5.87. The van der Waals surface area contributed by atoms with Crippen molar-refractivity contribution in [3.8, 4) is 0 Å². The fourth-order valence-corrected chi connectivity index (χ4v) is 1.99. The number of aromatic nitrogens is 2. The first-order valence-corrected chi connectivity index (χ1v) is 4.94. The topological polar surface area (TPSA) is 29.0 Å². The largest absolute Gasteiger partial charge is 0.376 e. The summed E-state index contributed by atoms with van der Waals surface area (Å²) in [4.78, 5) is 2.07. The Balaban J connectivity index is 0.000000980. The van der Waals surface area contributed by atoms with Gasteiger partial charge in [0, 0.05) is 19.2 Å². The highest BCUT2D eigenvalue weighted by Gasteiger charge is 2.13. The normalized spacial score (nSPS) is 15.0. The minimum atomic E-state index is 0. The van der Waals surface area contributed by atoms with Gasteiger partial charge in [0.05, 0.1) is 11.7 Å². The van der Waals surface area contributed by atoms with Crippen LogP contribution in [0, 0.1) is 0 Å². The van der Waals surface area contributed by atoms with Crippen molar-refractivity contribution in [3.05, 3.63) is 29.2 Å². The molecule has 0 spiro atoms. The number of allylic oxidation sites excluding steroid dienone is 2. The van der Waals surface area contributed by atoms with Crippen LogP contribution >= 0.6 is 47.3 Å². The summed E-state index contributed by atoms with van der Waals surface area (Å²) < 4.78 is 8.07. The minimum absolute atomic E-state index is 0. The van der Waals surface area contributed by atoms with E-state index < -0.39 is 0 Å². The van der Waals surface area contributed by atoms with Gasteiger partial charge >= 0.3 is 0 Å². The van der Waals surface area contributed by atoms with Crippen molar-refractivity contribution in [2.75, 3.05) is 13.6 Å². The van der Waals surface area contributed by atoms with Crippen molar-refractivity contribution in [2.45, 2.75) is 0 Å². The molecule has 0 saturated heterocycles. The van der Waals surface area contributed by atoms with Crippen LogP contribution in [-0.2, 0) is 0 Å². The van der Waals surface area contributed by atoms with Gasteiger partial charge in [0.15, 0.2) is 5.15 Å². The Bertz CT molecular complexity index is 374. The summed E-state index contributed by atoms with van der Waals surface area (Å²) in [5.41, 5.74) is 1.92. The Morgan fingerprint density at radius 3 is 2.86 bits per heavy atom. The van der Waals surface area contributed by atoms with Crippen molar-refractivity contribution in [2.24, 2.45) is 0 Å². The molecule has 1 aliphatic heterocycles. The van der Waals surface area contributed by atoms with E-state index in [-0.39, 0.29) is 24.0 Å². The quantitative estimate of drug-likeness (QED) is 0.735. The van der Waals surface area contributed by atoms with Crippen LogP contribution in [0.4, 0.5) is 0 Å². The molecule has 14 heavy (non-hydrogen) atoms. The number of hydrogen-bond donors (Lipinski definition) is 0. The Hall–Kier alpha value is -0.140. The van der Waals surface area contributed by atoms with Crippen LogP contribution < -0.4 is 0 Å². The van der Waals surface area contributed by atoms with E-state index in [1.807, 2.05) is 25.4 Å². The molecule has 6 heteroatoms. The molecule has 0 radical (unpaired) electrons. The molecular formula is C8H9ClIN3S. The predicted octanol–water partition coefficient (Wildman–Crippen LogP) is 2.65. The molecule has 0 fully saturated rings. The lowest BCUT2D eigenvalue weighted by atomic mass is 10.1. The van der Waals surface area contributed by atoms with Crippen molar-refractivity contribution in [1.82, 2.24) is 13.6 Å². The molecule has 0 aromatic carbocycles. The molecule has 1 aromatic heterocycles. The van der Waals surface area contributed by atoms with Crippen LogP contribution in [-0.4, -0.2) is 27.2 Å². The number of rotatable bonds is 1. The van der Waals surface area contributed by atoms with Crippen LogP contribution in [0.25, 0.3) is 5.57 Å². The average molecular weight is 342 g/mol. The average Bonchev–Trinajstić information content (AvgIpc) is 2.51. The van der Waals surface area contributed by atoms with Gasteiger partial charge in [0.25, 0.3) is 0 Å². The SMILES string of the molecule is CN1C=CC=C(c2nsnc2Cl)C1.I. The second kappa shape index (κ2) is 5.09. The van der Waals surface area contributed by atoms with E-state index in [2.05, 4.69) is 13.6 Å². The van der Waals surface area contributed by atoms with Gasteiger partial charge in [-0.05, 0) is 12.3 Å². The Kier molecular flexibility index (Phi) is 4.33. The highest BCUT2D eigenvalue weighted by molar-refractivity contribution is 14.0.